The second kappa shape index (κ2) is 8.88. The molecule has 0 bridgehead atoms. The minimum Gasteiger partial charge on any atom is -0.452 e. The van der Waals surface area contributed by atoms with Gasteiger partial charge in [0, 0.05) is 49.2 Å². The number of carbonyl (C=O) groups is 2. The van der Waals surface area contributed by atoms with Gasteiger partial charge in [0.25, 0.3) is 5.91 Å². The van der Waals surface area contributed by atoms with E-state index in [0.717, 1.165) is 48.1 Å². The third kappa shape index (κ3) is 4.26. The SMILES string of the molecule is CCCN1CCc2nc3ccccc3c(C(=O)OCC(=O)N3CCOCC3)c2C1. The van der Waals surface area contributed by atoms with E-state index in [9.17, 15) is 9.59 Å². The van der Waals surface area contributed by atoms with Gasteiger partial charge < -0.3 is 14.4 Å². The van der Waals surface area contributed by atoms with Gasteiger partial charge in [-0.3, -0.25) is 14.7 Å². The second-order valence-corrected chi connectivity index (χ2v) is 7.52. The average molecular weight is 397 g/mol. The average Bonchev–Trinajstić information content (AvgIpc) is 2.76. The predicted molar refractivity (Wildman–Crippen MR) is 109 cm³/mol. The quantitative estimate of drug-likeness (QED) is 0.719. The molecule has 1 fully saturated rings. The van der Waals surface area contributed by atoms with Crippen molar-refractivity contribution < 1.29 is 19.1 Å². The molecule has 0 spiro atoms. The maximum Gasteiger partial charge on any atom is 0.339 e. The Morgan fingerprint density at radius 3 is 2.76 bits per heavy atom. The van der Waals surface area contributed by atoms with Crippen LogP contribution in [0.1, 0.15) is 35.0 Å². The van der Waals surface area contributed by atoms with E-state index in [2.05, 4.69) is 11.8 Å². The van der Waals surface area contributed by atoms with Crippen molar-refractivity contribution in [3.8, 4) is 0 Å². The second-order valence-electron chi connectivity index (χ2n) is 7.52. The standard InChI is InChI=1S/C22H27N3O4/c1-2-8-24-9-7-19-17(14-24)21(16-5-3-4-6-18(16)23-19)22(27)29-15-20(26)25-10-12-28-13-11-25/h3-6H,2,7-15H2,1H3. The molecule has 1 amide bonds. The van der Waals surface area contributed by atoms with Crippen LogP contribution >= 0.6 is 0 Å². The molecule has 1 aromatic heterocycles. The zero-order valence-corrected chi connectivity index (χ0v) is 16.9. The summed E-state index contributed by atoms with van der Waals surface area (Å²) in [5.41, 5.74) is 3.25. The third-order valence-electron chi connectivity index (χ3n) is 5.56. The van der Waals surface area contributed by atoms with Crippen molar-refractivity contribution in [2.45, 2.75) is 26.3 Å². The highest BCUT2D eigenvalue weighted by atomic mass is 16.5. The molecular weight excluding hydrogens is 370 g/mol. The molecule has 0 aliphatic carbocycles. The monoisotopic (exact) mass is 397 g/mol. The third-order valence-corrected chi connectivity index (χ3v) is 5.56. The fraction of sp³-hybridized carbons (Fsp3) is 0.500. The molecule has 7 heteroatoms. The molecule has 1 saturated heterocycles. The molecule has 1 aromatic carbocycles. The number of hydrogen-bond acceptors (Lipinski definition) is 6. The Balaban J connectivity index is 1.60. The van der Waals surface area contributed by atoms with Crippen molar-refractivity contribution in [2.75, 3.05) is 46.0 Å². The van der Waals surface area contributed by atoms with E-state index in [4.69, 9.17) is 14.5 Å². The molecule has 29 heavy (non-hydrogen) atoms. The number of para-hydroxylation sites is 1. The maximum atomic E-state index is 13.1. The van der Waals surface area contributed by atoms with Crippen LogP contribution in [0.5, 0.6) is 0 Å². The number of ether oxygens (including phenoxy) is 2. The lowest BCUT2D eigenvalue weighted by molar-refractivity contribution is -0.138. The Kier molecular flexibility index (Phi) is 6.06. The molecule has 0 atom stereocenters. The van der Waals surface area contributed by atoms with Crippen molar-refractivity contribution in [3.05, 3.63) is 41.1 Å². The van der Waals surface area contributed by atoms with Gasteiger partial charge in [0.2, 0.25) is 0 Å². The number of carbonyl (C=O) groups excluding carboxylic acids is 2. The van der Waals surface area contributed by atoms with Gasteiger partial charge >= 0.3 is 5.97 Å². The predicted octanol–water partition coefficient (Wildman–Crippen LogP) is 2.02. The van der Waals surface area contributed by atoms with Crippen molar-refractivity contribution in [1.82, 2.24) is 14.8 Å². The molecule has 0 radical (unpaired) electrons. The van der Waals surface area contributed by atoms with Crippen LogP contribution in [0, 0.1) is 0 Å². The number of pyridine rings is 1. The largest absolute Gasteiger partial charge is 0.452 e. The fourth-order valence-corrected chi connectivity index (χ4v) is 4.09. The maximum absolute atomic E-state index is 13.1. The number of aromatic nitrogens is 1. The number of morpholine rings is 1. The lowest BCUT2D eigenvalue weighted by atomic mass is 9.95. The van der Waals surface area contributed by atoms with E-state index < -0.39 is 5.97 Å². The van der Waals surface area contributed by atoms with Crippen LogP contribution in [0.15, 0.2) is 24.3 Å². The highest BCUT2D eigenvalue weighted by molar-refractivity contribution is 6.05. The Hall–Kier alpha value is -2.51. The van der Waals surface area contributed by atoms with Crippen LogP contribution in [-0.2, 0) is 27.2 Å². The Morgan fingerprint density at radius 2 is 1.97 bits per heavy atom. The van der Waals surface area contributed by atoms with Gasteiger partial charge in [0.1, 0.15) is 0 Å². The van der Waals surface area contributed by atoms with Crippen LogP contribution in [0.3, 0.4) is 0 Å². The Labute approximate surface area is 170 Å². The first-order valence-electron chi connectivity index (χ1n) is 10.3. The summed E-state index contributed by atoms with van der Waals surface area (Å²) < 4.78 is 10.8. The molecule has 2 aromatic rings. The zero-order valence-electron chi connectivity index (χ0n) is 16.9. The van der Waals surface area contributed by atoms with Crippen LogP contribution in [-0.4, -0.2) is 72.7 Å². The molecule has 7 nitrogen and oxygen atoms in total. The lowest BCUT2D eigenvalue weighted by Crippen LogP contribution is -2.42. The first-order chi connectivity index (χ1) is 14.2. The molecule has 154 valence electrons. The van der Waals surface area contributed by atoms with Crippen LogP contribution in [0.25, 0.3) is 10.9 Å². The minimum atomic E-state index is -0.445. The molecule has 3 heterocycles. The highest BCUT2D eigenvalue weighted by Crippen LogP contribution is 2.29. The van der Waals surface area contributed by atoms with Gasteiger partial charge in [-0.2, -0.15) is 0 Å². The van der Waals surface area contributed by atoms with Crippen molar-refractivity contribution >= 4 is 22.8 Å². The van der Waals surface area contributed by atoms with E-state index in [1.807, 2.05) is 24.3 Å². The molecule has 2 aliphatic rings. The summed E-state index contributed by atoms with van der Waals surface area (Å²) in [4.78, 5) is 34.3. The number of esters is 1. The van der Waals surface area contributed by atoms with Gasteiger partial charge in [-0.1, -0.05) is 25.1 Å². The van der Waals surface area contributed by atoms with Crippen molar-refractivity contribution in [2.24, 2.45) is 0 Å². The van der Waals surface area contributed by atoms with Gasteiger partial charge in [0.05, 0.1) is 24.3 Å². The Bertz CT molecular complexity index is 908. The van der Waals surface area contributed by atoms with E-state index in [0.29, 0.717) is 38.4 Å². The fourth-order valence-electron chi connectivity index (χ4n) is 4.09. The first-order valence-corrected chi connectivity index (χ1v) is 10.3. The summed E-state index contributed by atoms with van der Waals surface area (Å²) in [6.45, 7) is 6.63. The summed E-state index contributed by atoms with van der Waals surface area (Å²) in [6, 6.07) is 7.65. The smallest absolute Gasteiger partial charge is 0.339 e. The van der Waals surface area contributed by atoms with Gasteiger partial charge in [-0.05, 0) is 19.0 Å². The molecular formula is C22H27N3O4. The van der Waals surface area contributed by atoms with Crippen LogP contribution < -0.4 is 0 Å². The Morgan fingerprint density at radius 1 is 1.17 bits per heavy atom. The number of rotatable bonds is 5. The van der Waals surface area contributed by atoms with E-state index in [1.165, 1.54) is 0 Å². The first kappa shape index (κ1) is 19.8. The highest BCUT2D eigenvalue weighted by Gasteiger charge is 2.27. The lowest BCUT2D eigenvalue weighted by Gasteiger charge is -2.29. The van der Waals surface area contributed by atoms with E-state index in [-0.39, 0.29) is 12.5 Å². The summed E-state index contributed by atoms with van der Waals surface area (Å²) in [5.74, 6) is -0.624. The van der Waals surface area contributed by atoms with Crippen LogP contribution in [0.2, 0.25) is 0 Å². The molecule has 0 N–H and O–H groups in total. The topological polar surface area (TPSA) is 72.0 Å². The van der Waals surface area contributed by atoms with Gasteiger partial charge in [-0.25, -0.2) is 4.79 Å². The van der Waals surface area contributed by atoms with Crippen molar-refractivity contribution in [1.29, 1.82) is 0 Å². The number of nitrogens with zero attached hydrogens (tertiary/aromatic N) is 3. The number of benzene rings is 1. The van der Waals surface area contributed by atoms with E-state index >= 15 is 0 Å². The number of amides is 1. The summed E-state index contributed by atoms with van der Waals surface area (Å²) >= 11 is 0. The van der Waals surface area contributed by atoms with E-state index in [1.54, 1.807) is 4.90 Å². The zero-order chi connectivity index (χ0) is 20.2. The van der Waals surface area contributed by atoms with Gasteiger partial charge in [0.15, 0.2) is 6.61 Å². The number of fused-ring (bicyclic) bond motifs is 2. The minimum absolute atomic E-state index is 0.179. The van der Waals surface area contributed by atoms with Crippen LogP contribution in [0.4, 0.5) is 0 Å². The molecule has 0 saturated carbocycles. The molecule has 0 unspecified atom stereocenters. The van der Waals surface area contributed by atoms with Crippen molar-refractivity contribution in [3.63, 3.8) is 0 Å². The summed E-state index contributed by atoms with van der Waals surface area (Å²) in [5, 5.41) is 0.786. The summed E-state index contributed by atoms with van der Waals surface area (Å²) in [7, 11) is 0. The summed E-state index contributed by atoms with van der Waals surface area (Å²) in [6.07, 6.45) is 1.87. The molecule has 4 rings (SSSR count). The van der Waals surface area contributed by atoms with Gasteiger partial charge in [-0.15, -0.1) is 0 Å². The number of hydrogen-bond donors (Lipinski definition) is 0. The molecule has 2 aliphatic heterocycles. The normalized spacial score (nSPS) is 17.2.